The Morgan fingerprint density at radius 2 is 1.65 bits per heavy atom. The molecule has 26 heavy (non-hydrogen) atoms. The number of fused-ring (bicyclic) bond motifs is 1. The molecule has 0 atom stereocenters. The lowest BCUT2D eigenvalue weighted by Gasteiger charge is -2.22. The lowest BCUT2D eigenvalue weighted by molar-refractivity contribution is 0.0981. The van der Waals surface area contributed by atoms with E-state index in [4.69, 9.17) is 0 Å². The van der Waals surface area contributed by atoms with Gasteiger partial charge in [0.1, 0.15) is 0 Å². The second-order valence-electron chi connectivity index (χ2n) is 7.95. The highest BCUT2D eigenvalue weighted by molar-refractivity contribution is 7.89. The van der Waals surface area contributed by atoms with Gasteiger partial charge < -0.3 is 0 Å². The van der Waals surface area contributed by atoms with Crippen molar-refractivity contribution >= 4 is 15.8 Å². The van der Waals surface area contributed by atoms with Gasteiger partial charge in [0, 0.05) is 25.1 Å². The molecule has 0 spiro atoms. The van der Waals surface area contributed by atoms with Crippen molar-refractivity contribution in [3.8, 4) is 0 Å². The number of ketones is 1. The first kappa shape index (κ1) is 18.8. The maximum Gasteiger partial charge on any atom is 0.243 e. The summed E-state index contributed by atoms with van der Waals surface area (Å²) in [6, 6.07) is 12.7. The maximum absolute atomic E-state index is 13.0. The van der Waals surface area contributed by atoms with E-state index in [9.17, 15) is 13.2 Å². The summed E-state index contributed by atoms with van der Waals surface area (Å²) in [5.74, 6) is 0.00714. The molecule has 1 heterocycles. The molecule has 0 N–H and O–H groups in total. The van der Waals surface area contributed by atoms with Crippen molar-refractivity contribution in [2.75, 3.05) is 6.54 Å². The fraction of sp³-hybridized carbons (Fsp3) is 0.381. The lowest BCUT2D eigenvalue weighted by atomic mass is 9.84. The maximum atomic E-state index is 13.0. The number of hydrogen-bond acceptors (Lipinski definition) is 3. The summed E-state index contributed by atoms with van der Waals surface area (Å²) in [6.45, 7) is 8.65. The standard InChI is InChI=1S/C21H25NO3S/c1-15-5-9-18(10-6-15)26(24,25)22-12-11-20(23)19-13-17(21(2,3)4)8-7-16(19)14-22/h5-10,13H,11-12,14H2,1-4H3. The van der Waals surface area contributed by atoms with E-state index in [0.717, 1.165) is 16.7 Å². The molecule has 0 aromatic heterocycles. The topological polar surface area (TPSA) is 54.5 Å². The van der Waals surface area contributed by atoms with E-state index in [2.05, 4.69) is 20.8 Å². The van der Waals surface area contributed by atoms with Crippen LogP contribution in [0.25, 0.3) is 0 Å². The Hall–Kier alpha value is -1.98. The quantitative estimate of drug-likeness (QED) is 0.800. The van der Waals surface area contributed by atoms with Gasteiger partial charge in [-0.25, -0.2) is 8.42 Å². The van der Waals surface area contributed by atoms with Crippen LogP contribution in [-0.4, -0.2) is 25.1 Å². The minimum Gasteiger partial charge on any atom is -0.294 e. The van der Waals surface area contributed by atoms with Crippen molar-refractivity contribution in [2.45, 2.75) is 51.0 Å². The summed E-state index contributed by atoms with van der Waals surface area (Å²) in [5.41, 5.74) is 3.46. The van der Waals surface area contributed by atoms with Crippen LogP contribution in [0.2, 0.25) is 0 Å². The van der Waals surface area contributed by atoms with Gasteiger partial charge in [-0.1, -0.05) is 50.6 Å². The number of carbonyl (C=O) groups excluding carboxylic acids is 1. The average molecular weight is 372 g/mol. The van der Waals surface area contributed by atoms with Crippen molar-refractivity contribution in [1.29, 1.82) is 0 Å². The largest absolute Gasteiger partial charge is 0.294 e. The predicted octanol–water partition coefficient (Wildman–Crippen LogP) is 4.07. The fourth-order valence-electron chi connectivity index (χ4n) is 3.13. The molecule has 2 aromatic rings. The van der Waals surface area contributed by atoms with E-state index < -0.39 is 10.0 Å². The Morgan fingerprint density at radius 1 is 1.00 bits per heavy atom. The molecule has 1 aliphatic heterocycles. The number of carbonyl (C=O) groups is 1. The van der Waals surface area contributed by atoms with Gasteiger partial charge in [-0.3, -0.25) is 4.79 Å². The minimum atomic E-state index is -3.63. The van der Waals surface area contributed by atoms with Gasteiger partial charge in [-0.2, -0.15) is 4.31 Å². The van der Waals surface area contributed by atoms with Gasteiger partial charge in [0.15, 0.2) is 5.78 Å². The van der Waals surface area contributed by atoms with Crippen molar-refractivity contribution in [3.63, 3.8) is 0 Å². The van der Waals surface area contributed by atoms with Gasteiger partial charge in [-0.05, 0) is 41.7 Å². The molecule has 1 aliphatic rings. The third-order valence-corrected chi connectivity index (χ3v) is 6.73. The first-order chi connectivity index (χ1) is 12.1. The summed E-state index contributed by atoms with van der Waals surface area (Å²) in [6.07, 6.45) is 0.200. The number of sulfonamides is 1. The molecule has 138 valence electrons. The molecule has 0 amide bonds. The first-order valence-electron chi connectivity index (χ1n) is 8.82. The smallest absolute Gasteiger partial charge is 0.243 e. The number of Topliss-reactive ketones (excluding diaryl/α,β-unsaturated/α-hetero) is 1. The lowest BCUT2D eigenvalue weighted by Crippen LogP contribution is -2.31. The zero-order chi connectivity index (χ0) is 19.1. The molecular formula is C21H25NO3S. The van der Waals surface area contributed by atoms with E-state index in [1.807, 2.05) is 25.1 Å². The normalized spacial score (nSPS) is 16.2. The molecule has 0 saturated heterocycles. The highest BCUT2D eigenvalue weighted by Crippen LogP contribution is 2.29. The van der Waals surface area contributed by atoms with Crippen LogP contribution in [-0.2, 0) is 22.0 Å². The predicted molar refractivity (Wildman–Crippen MR) is 103 cm³/mol. The summed E-state index contributed by atoms with van der Waals surface area (Å²) >= 11 is 0. The second-order valence-corrected chi connectivity index (χ2v) is 9.88. The third kappa shape index (κ3) is 3.60. The highest BCUT2D eigenvalue weighted by Gasteiger charge is 2.30. The molecule has 5 heteroatoms. The number of rotatable bonds is 2. The number of nitrogens with zero attached hydrogens (tertiary/aromatic N) is 1. The van der Waals surface area contributed by atoms with E-state index in [1.165, 1.54) is 4.31 Å². The summed E-state index contributed by atoms with van der Waals surface area (Å²) in [7, 11) is -3.63. The van der Waals surface area contributed by atoms with Crippen molar-refractivity contribution in [1.82, 2.24) is 4.31 Å². The van der Waals surface area contributed by atoms with Crippen LogP contribution in [0.1, 0.15) is 54.2 Å². The van der Waals surface area contributed by atoms with Crippen LogP contribution in [0, 0.1) is 6.92 Å². The molecule has 0 fully saturated rings. The van der Waals surface area contributed by atoms with Crippen molar-refractivity contribution < 1.29 is 13.2 Å². The van der Waals surface area contributed by atoms with Crippen LogP contribution >= 0.6 is 0 Å². The monoisotopic (exact) mass is 371 g/mol. The molecule has 4 nitrogen and oxygen atoms in total. The number of benzene rings is 2. The summed E-state index contributed by atoms with van der Waals surface area (Å²) < 4.78 is 27.4. The summed E-state index contributed by atoms with van der Waals surface area (Å²) in [4.78, 5) is 12.9. The molecular weight excluding hydrogens is 346 g/mol. The van der Waals surface area contributed by atoms with E-state index in [0.29, 0.717) is 5.56 Å². The van der Waals surface area contributed by atoms with Gasteiger partial charge in [0.05, 0.1) is 4.90 Å². The van der Waals surface area contributed by atoms with Crippen LogP contribution in [0.15, 0.2) is 47.4 Å². The zero-order valence-electron chi connectivity index (χ0n) is 15.7. The van der Waals surface area contributed by atoms with Gasteiger partial charge in [0.2, 0.25) is 10.0 Å². The Bertz CT molecular complexity index is 938. The van der Waals surface area contributed by atoms with Gasteiger partial charge in [0.25, 0.3) is 0 Å². The SMILES string of the molecule is Cc1ccc(S(=O)(=O)N2CCC(=O)c3cc(C(C)(C)C)ccc3C2)cc1. The minimum absolute atomic E-state index is 0.00714. The van der Waals surface area contributed by atoms with E-state index in [-0.39, 0.29) is 35.6 Å². The van der Waals surface area contributed by atoms with Crippen LogP contribution in [0.4, 0.5) is 0 Å². The molecule has 3 rings (SSSR count). The second kappa shape index (κ2) is 6.63. The fourth-order valence-corrected chi connectivity index (χ4v) is 4.55. The first-order valence-corrected chi connectivity index (χ1v) is 10.3. The Morgan fingerprint density at radius 3 is 2.27 bits per heavy atom. The van der Waals surface area contributed by atoms with Gasteiger partial charge >= 0.3 is 0 Å². The summed E-state index contributed by atoms with van der Waals surface area (Å²) in [5, 5.41) is 0. The van der Waals surface area contributed by atoms with Gasteiger partial charge in [-0.15, -0.1) is 0 Å². The Labute approximate surface area is 155 Å². The number of aryl methyl sites for hydroxylation is 1. The molecule has 0 unspecified atom stereocenters. The van der Waals surface area contributed by atoms with Crippen LogP contribution < -0.4 is 0 Å². The third-order valence-electron chi connectivity index (χ3n) is 4.87. The molecule has 0 bridgehead atoms. The van der Waals surface area contributed by atoms with E-state index >= 15 is 0 Å². The molecule has 2 aromatic carbocycles. The van der Waals surface area contributed by atoms with Crippen LogP contribution in [0.5, 0.6) is 0 Å². The zero-order valence-corrected chi connectivity index (χ0v) is 16.6. The number of hydrogen-bond donors (Lipinski definition) is 0. The van der Waals surface area contributed by atoms with Crippen molar-refractivity contribution in [3.05, 3.63) is 64.7 Å². The highest BCUT2D eigenvalue weighted by atomic mass is 32.2. The Kier molecular flexibility index (Phi) is 4.80. The average Bonchev–Trinajstić information content (AvgIpc) is 2.74. The molecule has 0 aliphatic carbocycles. The Balaban J connectivity index is 1.99. The molecule has 0 saturated carbocycles. The van der Waals surface area contributed by atoms with E-state index in [1.54, 1.807) is 24.3 Å². The van der Waals surface area contributed by atoms with Crippen molar-refractivity contribution in [2.24, 2.45) is 0 Å². The molecule has 0 radical (unpaired) electrons. The van der Waals surface area contributed by atoms with Crippen LogP contribution in [0.3, 0.4) is 0 Å².